The average Bonchev–Trinajstić information content (AvgIpc) is 3.05. The minimum atomic E-state index is 0. The fourth-order valence-corrected chi connectivity index (χ4v) is 4.26. The van der Waals surface area contributed by atoms with Crippen LogP contribution in [-0.4, -0.2) is 50.6 Å². The summed E-state index contributed by atoms with van der Waals surface area (Å²) < 4.78 is 0. The fourth-order valence-electron chi connectivity index (χ4n) is 4.26. The van der Waals surface area contributed by atoms with Gasteiger partial charge in [-0.2, -0.15) is 0 Å². The maximum Gasteiger partial charge on any atom is 0 e. The Morgan fingerprint density at radius 2 is 0.491 bits per heavy atom. The molecule has 0 unspecified atom stereocenters. The van der Waals surface area contributed by atoms with Gasteiger partial charge >= 0.3 is 0 Å². The topological polar surface area (TPSA) is 6.48 Å². The number of hydrogen-bond acceptors (Lipinski definition) is 2. The number of rotatable bonds is 13. The van der Waals surface area contributed by atoms with Gasteiger partial charge in [-0.25, -0.2) is 0 Å². The molecule has 0 amide bonds. The van der Waals surface area contributed by atoms with Crippen LogP contribution < -0.4 is 0 Å². The first-order valence-electron chi connectivity index (χ1n) is 21.2. The van der Waals surface area contributed by atoms with Crippen molar-refractivity contribution in [2.75, 3.05) is 40.8 Å². The summed E-state index contributed by atoms with van der Waals surface area (Å²) in [4.78, 5) is 4.54. The average molecular weight is 949 g/mol. The summed E-state index contributed by atoms with van der Waals surface area (Å²) >= 11 is 0. The SMILES string of the molecule is CC.CC.CC.CC.CC.CC.CC.CCCC(C)(C)C.CCCC(C)(CCC)CCC.CCCN(C)C.CCCN(C)CCC.[Ar].[Ar].[Ar].[Ar].[Ar].[Ar].[Ar]. The molecule has 0 bridgehead atoms. The van der Waals surface area contributed by atoms with Crippen molar-refractivity contribution in [1.82, 2.24) is 9.80 Å². The maximum atomic E-state index is 2.45. The summed E-state index contributed by atoms with van der Waals surface area (Å²) in [5.41, 5.74) is 1.20. The van der Waals surface area contributed by atoms with Crippen LogP contribution in [0.2, 0.25) is 0 Å². The van der Waals surface area contributed by atoms with Gasteiger partial charge in [0.15, 0.2) is 0 Å². The quantitative estimate of drug-likeness (QED) is 0.182. The van der Waals surface area contributed by atoms with Crippen LogP contribution in [0.3, 0.4) is 0 Å². The third-order valence-electron chi connectivity index (χ3n) is 5.44. The van der Waals surface area contributed by atoms with Gasteiger partial charge in [-0.15, -0.1) is 0 Å². The summed E-state index contributed by atoms with van der Waals surface area (Å²) in [5.74, 6) is 0. The molecule has 0 rings (SSSR count). The Hall–Kier alpha value is 8.74. The van der Waals surface area contributed by atoms with E-state index in [1.807, 2.05) is 96.9 Å². The molecule has 0 aliphatic carbocycles. The molecule has 53 heavy (non-hydrogen) atoms. The van der Waals surface area contributed by atoms with Crippen LogP contribution in [0.1, 0.15) is 244 Å². The Morgan fingerprint density at radius 3 is 0.566 bits per heavy atom. The van der Waals surface area contributed by atoms with E-state index in [2.05, 4.69) is 107 Å². The molecule has 0 spiro atoms. The largest absolute Gasteiger partial charge is 0.309 e. The monoisotopic (exact) mass is 949 g/mol. The van der Waals surface area contributed by atoms with Crippen LogP contribution in [0.4, 0.5) is 0 Å². The summed E-state index contributed by atoms with van der Waals surface area (Å²) in [6, 6.07) is 0. The third kappa shape index (κ3) is 184. The molecule has 0 heterocycles. The predicted octanol–water partition coefficient (Wildman–Crippen LogP) is 17.1. The Kier molecular flexibility index (Phi) is 293. The summed E-state index contributed by atoms with van der Waals surface area (Å²) in [6.07, 6.45) is 14.7. The normalized spacial score (nSPS) is 7.58. The first kappa shape index (κ1) is 119. The van der Waals surface area contributed by atoms with Crippen molar-refractivity contribution < 1.29 is 264 Å². The van der Waals surface area contributed by atoms with Crippen LogP contribution in [0.5, 0.6) is 0 Å². The molecule has 9 heteroatoms. The molecule has 2 nitrogen and oxygen atoms in total. The van der Waals surface area contributed by atoms with Crippen LogP contribution in [0.15, 0.2) is 0 Å². The third-order valence-corrected chi connectivity index (χ3v) is 5.44. The Morgan fingerprint density at radius 1 is 0.302 bits per heavy atom. The molecule has 354 valence electrons. The van der Waals surface area contributed by atoms with Crippen LogP contribution >= 0.6 is 0 Å². The molecule has 0 atom stereocenters. The molecule has 0 radical (unpaired) electrons. The zero-order valence-electron chi connectivity index (χ0n) is 42.3. The molecule has 0 saturated carbocycles. The van der Waals surface area contributed by atoms with Crippen molar-refractivity contribution in [3.05, 3.63) is 0 Å². The molecular weight excluding hydrogens is 836 g/mol. The van der Waals surface area contributed by atoms with Gasteiger partial charge in [0, 0.05) is 264 Å². The second-order valence-corrected chi connectivity index (χ2v) is 11.5. The summed E-state index contributed by atoms with van der Waals surface area (Å²) in [6.45, 7) is 56.7. The van der Waals surface area contributed by atoms with Crippen molar-refractivity contribution in [2.45, 2.75) is 244 Å². The van der Waals surface area contributed by atoms with Crippen molar-refractivity contribution in [2.24, 2.45) is 10.8 Å². The first-order valence-corrected chi connectivity index (χ1v) is 21.2. The van der Waals surface area contributed by atoms with Gasteiger partial charge in [0.25, 0.3) is 0 Å². The van der Waals surface area contributed by atoms with Crippen molar-refractivity contribution in [1.29, 1.82) is 0 Å². The standard InChI is InChI=1S/C11H24.C7H17N.C7H16.C5H13N.7C2H6.7Ar/c1-5-8-11(4,9-6-2)10-7-3;1-4-6-8(3)7-5-2;1-5-6-7(2,3)4;1-4-5-6(2)3;7*1-2;;;;;;;/h5-10H2,1-4H3;4-7H2,1-3H3;5-6H2,1-4H3;4-5H2,1-3H3;7*1-2H3;;;;;;;. The maximum absolute atomic E-state index is 2.45. The van der Waals surface area contributed by atoms with E-state index in [4.69, 9.17) is 0 Å². The molecule has 0 aromatic carbocycles. The van der Waals surface area contributed by atoms with Crippen LogP contribution in [0, 0.1) is 275 Å². The van der Waals surface area contributed by atoms with E-state index in [0.717, 1.165) is 0 Å². The van der Waals surface area contributed by atoms with Gasteiger partial charge in [-0.3, -0.25) is 0 Å². The van der Waals surface area contributed by atoms with Crippen molar-refractivity contribution >= 4 is 0 Å². The van der Waals surface area contributed by atoms with E-state index in [1.54, 1.807) is 0 Å². The Bertz CT molecular complexity index is 325. The van der Waals surface area contributed by atoms with E-state index >= 15 is 0 Å². The summed E-state index contributed by atoms with van der Waals surface area (Å²) in [7, 11) is 6.35. The predicted molar refractivity (Wildman–Crippen MR) is 234 cm³/mol. The zero-order valence-corrected chi connectivity index (χ0v) is 47.2. The fraction of sp³-hybridized carbons (Fsp3) is 1.00. The van der Waals surface area contributed by atoms with Crippen molar-refractivity contribution in [3.8, 4) is 0 Å². The molecular formula is C44H112Ar7N2. The Balaban J connectivity index is -0.0000000168. The number of hydrogen-bond donors (Lipinski definition) is 0. The molecule has 0 aliphatic heterocycles. The van der Waals surface area contributed by atoms with E-state index < -0.39 is 0 Å². The van der Waals surface area contributed by atoms with E-state index in [9.17, 15) is 0 Å². The van der Waals surface area contributed by atoms with Crippen molar-refractivity contribution in [3.63, 3.8) is 0 Å². The van der Waals surface area contributed by atoms with Crippen LogP contribution in [0.25, 0.3) is 0 Å². The van der Waals surface area contributed by atoms with Gasteiger partial charge in [0.2, 0.25) is 0 Å². The second kappa shape index (κ2) is 131. The molecule has 0 N–H and O–H groups in total. The first-order chi connectivity index (χ1) is 21.8. The van der Waals surface area contributed by atoms with Gasteiger partial charge in [0.05, 0.1) is 0 Å². The van der Waals surface area contributed by atoms with Crippen LogP contribution in [-0.2, 0) is 0 Å². The van der Waals surface area contributed by atoms with Gasteiger partial charge in [-0.05, 0) is 96.6 Å². The Labute approximate surface area is 557 Å². The van der Waals surface area contributed by atoms with E-state index in [1.165, 1.54) is 90.3 Å². The van der Waals surface area contributed by atoms with Gasteiger partial charge in [-0.1, -0.05) is 199 Å². The number of nitrogens with zero attached hydrogens (tertiary/aromatic N) is 2. The van der Waals surface area contributed by atoms with E-state index in [0.29, 0.717) is 10.8 Å². The molecule has 0 aromatic rings. The molecule has 0 fully saturated rings. The molecule has 0 saturated heterocycles. The molecule has 0 aliphatic rings. The van der Waals surface area contributed by atoms with Gasteiger partial charge < -0.3 is 9.80 Å². The van der Waals surface area contributed by atoms with E-state index in [-0.39, 0.29) is 264 Å². The smallest absolute Gasteiger partial charge is 0 e. The zero-order chi connectivity index (χ0) is 40.1. The minimum absolute atomic E-state index is 0. The summed E-state index contributed by atoms with van der Waals surface area (Å²) in [5, 5.41) is 0. The minimum Gasteiger partial charge on any atom is -0.309 e. The second-order valence-electron chi connectivity index (χ2n) is 11.5. The molecule has 0 aromatic heterocycles. The van der Waals surface area contributed by atoms with Gasteiger partial charge in [0.1, 0.15) is 0 Å².